The number of amides is 1. The first-order valence-corrected chi connectivity index (χ1v) is 7.44. The SMILES string of the molecule is Cc1ccc(Cl)cc1NC(=O)c1ccc(NC(C)(C)C)cn1. The molecular formula is C17H20ClN3O. The van der Waals surface area contributed by atoms with Crippen LogP contribution < -0.4 is 10.6 Å². The van der Waals surface area contributed by atoms with Crippen LogP contribution in [0.4, 0.5) is 11.4 Å². The normalized spacial score (nSPS) is 11.1. The molecule has 2 N–H and O–H groups in total. The average molecular weight is 318 g/mol. The Morgan fingerprint density at radius 2 is 1.91 bits per heavy atom. The summed E-state index contributed by atoms with van der Waals surface area (Å²) in [6.45, 7) is 8.11. The third kappa shape index (κ3) is 4.46. The van der Waals surface area contributed by atoms with Crippen molar-refractivity contribution in [3.8, 4) is 0 Å². The quantitative estimate of drug-likeness (QED) is 0.876. The van der Waals surface area contributed by atoms with Crippen LogP contribution in [-0.2, 0) is 0 Å². The molecule has 2 aromatic rings. The van der Waals surface area contributed by atoms with Crippen molar-refractivity contribution < 1.29 is 4.79 Å². The summed E-state index contributed by atoms with van der Waals surface area (Å²) in [7, 11) is 0. The van der Waals surface area contributed by atoms with Crippen molar-refractivity contribution in [2.45, 2.75) is 33.2 Å². The van der Waals surface area contributed by atoms with Crippen molar-refractivity contribution in [1.29, 1.82) is 0 Å². The zero-order valence-corrected chi connectivity index (χ0v) is 14.0. The molecule has 0 aliphatic rings. The summed E-state index contributed by atoms with van der Waals surface area (Å²) >= 11 is 5.95. The number of halogens is 1. The lowest BCUT2D eigenvalue weighted by atomic mass is 10.1. The highest BCUT2D eigenvalue weighted by molar-refractivity contribution is 6.31. The smallest absolute Gasteiger partial charge is 0.274 e. The van der Waals surface area contributed by atoms with Gasteiger partial charge in [0, 0.05) is 16.2 Å². The maximum Gasteiger partial charge on any atom is 0.274 e. The van der Waals surface area contributed by atoms with E-state index in [1.807, 2.05) is 19.1 Å². The molecule has 0 saturated carbocycles. The van der Waals surface area contributed by atoms with Gasteiger partial charge in [0.25, 0.3) is 5.91 Å². The van der Waals surface area contributed by atoms with Crippen LogP contribution in [0, 0.1) is 6.92 Å². The van der Waals surface area contributed by atoms with Gasteiger partial charge in [0.15, 0.2) is 0 Å². The fourth-order valence-corrected chi connectivity index (χ4v) is 2.12. The third-order valence-electron chi connectivity index (χ3n) is 2.96. The van der Waals surface area contributed by atoms with Crippen LogP contribution in [0.1, 0.15) is 36.8 Å². The van der Waals surface area contributed by atoms with Crippen molar-refractivity contribution in [3.05, 3.63) is 52.8 Å². The Balaban J connectivity index is 2.11. The van der Waals surface area contributed by atoms with E-state index in [0.29, 0.717) is 16.4 Å². The molecule has 4 nitrogen and oxygen atoms in total. The summed E-state index contributed by atoms with van der Waals surface area (Å²) in [6, 6.07) is 8.92. The number of rotatable bonds is 3. The Labute approximate surface area is 135 Å². The van der Waals surface area contributed by atoms with Gasteiger partial charge in [-0.2, -0.15) is 0 Å². The van der Waals surface area contributed by atoms with Crippen molar-refractivity contribution >= 4 is 28.9 Å². The molecule has 0 radical (unpaired) electrons. The average Bonchev–Trinajstić information content (AvgIpc) is 2.42. The number of nitrogens with one attached hydrogen (secondary N) is 2. The predicted molar refractivity (Wildman–Crippen MR) is 91.8 cm³/mol. The Bertz CT molecular complexity index is 675. The second kappa shape index (κ2) is 6.36. The van der Waals surface area contributed by atoms with Gasteiger partial charge < -0.3 is 10.6 Å². The lowest BCUT2D eigenvalue weighted by molar-refractivity contribution is 0.102. The molecule has 1 aromatic carbocycles. The van der Waals surface area contributed by atoms with Crippen LogP contribution in [0.25, 0.3) is 0 Å². The lowest BCUT2D eigenvalue weighted by Crippen LogP contribution is -2.26. The van der Waals surface area contributed by atoms with E-state index in [1.54, 1.807) is 24.4 Å². The maximum atomic E-state index is 12.2. The number of hydrogen-bond donors (Lipinski definition) is 2. The molecule has 0 fully saturated rings. The molecule has 0 aliphatic carbocycles. The highest BCUT2D eigenvalue weighted by Crippen LogP contribution is 2.21. The highest BCUT2D eigenvalue weighted by Gasteiger charge is 2.12. The van der Waals surface area contributed by atoms with Crippen LogP contribution in [0.3, 0.4) is 0 Å². The molecule has 0 bridgehead atoms. The van der Waals surface area contributed by atoms with Gasteiger partial charge >= 0.3 is 0 Å². The minimum atomic E-state index is -0.257. The van der Waals surface area contributed by atoms with E-state index < -0.39 is 0 Å². The van der Waals surface area contributed by atoms with E-state index in [4.69, 9.17) is 11.6 Å². The molecule has 1 heterocycles. The van der Waals surface area contributed by atoms with E-state index in [0.717, 1.165) is 11.3 Å². The van der Waals surface area contributed by atoms with Crippen LogP contribution in [-0.4, -0.2) is 16.4 Å². The molecular weight excluding hydrogens is 298 g/mol. The monoisotopic (exact) mass is 317 g/mol. The number of pyridine rings is 1. The summed E-state index contributed by atoms with van der Waals surface area (Å²) in [5.41, 5.74) is 2.82. The molecule has 0 spiro atoms. The van der Waals surface area contributed by atoms with Gasteiger partial charge in [-0.1, -0.05) is 17.7 Å². The van der Waals surface area contributed by atoms with Crippen molar-refractivity contribution in [2.24, 2.45) is 0 Å². The van der Waals surface area contributed by atoms with Crippen LogP contribution in [0.15, 0.2) is 36.5 Å². The standard InChI is InChI=1S/C17H20ClN3O/c1-11-5-6-12(18)9-15(11)20-16(22)14-8-7-13(10-19-14)21-17(2,3)4/h5-10,21H,1-4H3,(H,20,22). The number of aromatic nitrogens is 1. The fraction of sp³-hybridized carbons (Fsp3) is 0.294. The van der Waals surface area contributed by atoms with Crippen molar-refractivity contribution in [3.63, 3.8) is 0 Å². The van der Waals surface area contributed by atoms with Crippen LogP contribution in [0.2, 0.25) is 5.02 Å². The second-order valence-electron chi connectivity index (χ2n) is 6.22. The van der Waals surface area contributed by atoms with Crippen LogP contribution in [0.5, 0.6) is 0 Å². The van der Waals surface area contributed by atoms with E-state index in [2.05, 4.69) is 36.4 Å². The number of benzene rings is 1. The van der Waals surface area contributed by atoms with Gasteiger partial charge in [0.05, 0.1) is 11.9 Å². The molecule has 22 heavy (non-hydrogen) atoms. The minimum absolute atomic E-state index is 0.0522. The maximum absolute atomic E-state index is 12.2. The van der Waals surface area contributed by atoms with E-state index in [1.165, 1.54) is 0 Å². The first kappa shape index (κ1) is 16.3. The molecule has 0 aliphatic heterocycles. The predicted octanol–water partition coefficient (Wildman–Crippen LogP) is 4.51. The summed E-state index contributed by atoms with van der Waals surface area (Å²) in [4.78, 5) is 16.4. The van der Waals surface area contributed by atoms with Gasteiger partial charge in [-0.3, -0.25) is 4.79 Å². The first-order valence-electron chi connectivity index (χ1n) is 7.06. The summed E-state index contributed by atoms with van der Waals surface area (Å²) in [6.07, 6.45) is 1.66. The van der Waals surface area contributed by atoms with Gasteiger partial charge in [-0.15, -0.1) is 0 Å². The summed E-state index contributed by atoms with van der Waals surface area (Å²) in [5, 5.41) is 6.71. The van der Waals surface area contributed by atoms with Crippen molar-refractivity contribution in [1.82, 2.24) is 4.98 Å². The van der Waals surface area contributed by atoms with Crippen LogP contribution >= 0.6 is 11.6 Å². The summed E-state index contributed by atoms with van der Waals surface area (Å²) < 4.78 is 0. The van der Waals surface area contributed by atoms with Gasteiger partial charge in [-0.25, -0.2) is 4.98 Å². The van der Waals surface area contributed by atoms with Crippen molar-refractivity contribution in [2.75, 3.05) is 10.6 Å². The zero-order valence-electron chi connectivity index (χ0n) is 13.2. The number of anilines is 2. The molecule has 0 saturated heterocycles. The molecule has 1 amide bonds. The molecule has 0 atom stereocenters. The topological polar surface area (TPSA) is 54.0 Å². The molecule has 2 rings (SSSR count). The molecule has 1 aromatic heterocycles. The third-order valence-corrected chi connectivity index (χ3v) is 3.20. The molecule has 116 valence electrons. The number of hydrogen-bond acceptors (Lipinski definition) is 3. The van der Waals surface area contributed by atoms with Gasteiger partial charge in [0.2, 0.25) is 0 Å². The number of nitrogens with zero attached hydrogens (tertiary/aromatic N) is 1. The Kier molecular flexibility index (Phi) is 4.71. The number of aryl methyl sites for hydroxylation is 1. The Hall–Kier alpha value is -2.07. The van der Waals surface area contributed by atoms with Gasteiger partial charge in [0.1, 0.15) is 5.69 Å². The highest BCUT2D eigenvalue weighted by atomic mass is 35.5. The van der Waals surface area contributed by atoms with E-state index in [-0.39, 0.29) is 11.4 Å². The molecule has 5 heteroatoms. The lowest BCUT2D eigenvalue weighted by Gasteiger charge is -2.21. The Morgan fingerprint density at radius 3 is 2.50 bits per heavy atom. The van der Waals surface area contributed by atoms with Gasteiger partial charge in [-0.05, 0) is 57.5 Å². The minimum Gasteiger partial charge on any atom is -0.379 e. The zero-order chi connectivity index (χ0) is 16.3. The van der Waals surface area contributed by atoms with E-state index >= 15 is 0 Å². The second-order valence-corrected chi connectivity index (χ2v) is 6.66. The molecule has 0 unspecified atom stereocenters. The van der Waals surface area contributed by atoms with E-state index in [9.17, 15) is 4.79 Å². The fourth-order valence-electron chi connectivity index (χ4n) is 1.95. The Morgan fingerprint density at radius 1 is 1.18 bits per heavy atom. The number of carbonyl (C=O) groups is 1. The number of carbonyl (C=O) groups excluding carboxylic acids is 1. The first-order chi connectivity index (χ1) is 10.2. The largest absolute Gasteiger partial charge is 0.379 e. The summed E-state index contributed by atoms with van der Waals surface area (Å²) in [5.74, 6) is -0.257.